The van der Waals surface area contributed by atoms with Crippen LogP contribution >= 0.6 is 0 Å². The van der Waals surface area contributed by atoms with Gasteiger partial charge >= 0.3 is 35.8 Å². The van der Waals surface area contributed by atoms with Crippen LogP contribution < -0.4 is 0 Å². The lowest BCUT2D eigenvalue weighted by Crippen LogP contribution is -2.63. The van der Waals surface area contributed by atoms with Gasteiger partial charge in [-0.15, -0.1) is 0 Å². The van der Waals surface area contributed by atoms with E-state index >= 15 is 0 Å². The Labute approximate surface area is 340 Å². The minimum Gasteiger partial charge on any atom is -0.481 e. The molecular weight excluding hydrogens is 744 g/mol. The van der Waals surface area contributed by atoms with Crippen LogP contribution in [0, 0.1) is 136 Å². The first kappa shape index (κ1) is 39.3. The second kappa shape index (κ2) is 13.3. The summed E-state index contributed by atoms with van der Waals surface area (Å²) in [4.78, 5) is 82.2. The maximum atomic E-state index is 14.7. The monoisotopic (exact) mass is 806 g/mol. The first-order chi connectivity index (χ1) is 27.5. The molecule has 2 heterocycles. The highest BCUT2D eigenvalue weighted by Gasteiger charge is 2.73. The molecule has 0 radical (unpaired) electrons. The second-order valence-electron chi connectivity index (χ2n) is 22.4. The van der Waals surface area contributed by atoms with Crippen LogP contribution in [0.1, 0.15) is 92.4 Å². The number of aliphatic hydroxyl groups excluding tert-OH is 2. The number of ether oxygens (including phenoxy) is 3. The van der Waals surface area contributed by atoms with Gasteiger partial charge < -0.3 is 29.5 Å². The molecule has 2 saturated heterocycles. The lowest BCUT2D eigenvalue weighted by molar-refractivity contribution is -0.201. The van der Waals surface area contributed by atoms with E-state index in [1.807, 2.05) is 20.8 Å². The summed E-state index contributed by atoms with van der Waals surface area (Å²) in [6, 6.07) is 0. The smallest absolute Gasteiger partial charge is 0.317 e. The first-order valence-corrected chi connectivity index (χ1v) is 22.7. The van der Waals surface area contributed by atoms with Crippen molar-refractivity contribution in [2.45, 2.75) is 98.0 Å². The van der Waals surface area contributed by atoms with Gasteiger partial charge in [0.2, 0.25) is 0 Å². The number of fused-ring (bicyclic) bond motifs is 14. The molecule has 8 bridgehead atoms. The molecule has 10 saturated carbocycles. The normalized spacial score (nSPS) is 52.0. The minimum absolute atomic E-state index is 0.00489. The molecule has 0 spiro atoms. The van der Waals surface area contributed by atoms with Crippen molar-refractivity contribution in [3.8, 4) is 0 Å². The number of carboxylic acid groups (broad SMARTS) is 1. The molecule has 0 aromatic carbocycles. The standard InChI is InChI=1S/C46H62O12/c1-17-22-8-6-19(10-25(22)39(49)50)29(17)36-28-9-7-20(14-46(28,15-47)16-48)31(36)37-38(44(55)57-43(37)54)33-24-11-21(12-26(24)40(51)58-45(3,4)5)32(33)30-18(2)23-13-27(30)35-34(23)41(52)56-42(35)53/h17-38,47-48H,6-16H2,1-5H3,(H,49,50). The molecule has 318 valence electrons. The zero-order valence-corrected chi connectivity index (χ0v) is 34.5. The van der Waals surface area contributed by atoms with Crippen LogP contribution in [0.4, 0.5) is 0 Å². The fourth-order valence-electron chi connectivity index (χ4n) is 18.1. The van der Waals surface area contributed by atoms with Gasteiger partial charge in [-0.3, -0.25) is 28.8 Å². The Hall–Kier alpha value is -2.86. The first-order valence-electron chi connectivity index (χ1n) is 22.7. The van der Waals surface area contributed by atoms with E-state index in [4.69, 9.17) is 14.2 Å². The van der Waals surface area contributed by atoms with Crippen LogP contribution in [0.2, 0.25) is 0 Å². The lowest BCUT2D eigenvalue weighted by atomic mass is 9.39. The number of hydrogen-bond acceptors (Lipinski definition) is 11. The Kier molecular flexibility index (Phi) is 9.02. The topological polar surface area (TPSA) is 191 Å². The third-order valence-corrected chi connectivity index (χ3v) is 19.5. The predicted molar refractivity (Wildman–Crippen MR) is 202 cm³/mol. The molecule has 0 aromatic rings. The number of rotatable bonds is 8. The highest BCUT2D eigenvalue weighted by Crippen LogP contribution is 2.73. The number of esters is 5. The van der Waals surface area contributed by atoms with E-state index in [0.29, 0.717) is 25.7 Å². The van der Waals surface area contributed by atoms with Crippen molar-refractivity contribution in [1.29, 1.82) is 0 Å². The molecule has 12 heteroatoms. The zero-order chi connectivity index (χ0) is 41.1. The number of aliphatic hydroxyl groups is 2. The van der Waals surface area contributed by atoms with Gasteiger partial charge in [0.15, 0.2) is 0 Å². The lowest BCUT2D eigenvalue weighted by Gasteiger charge is -2.65. The summed E-state index contributed by atoms with van der Waals surface area (Å²) in [7, 11) is 0. The molecule has 12 nitrogen and oxygen atoms in total. The molecule has 12 rings (SSSR count). The number of cyclic esters (lactones) is 4. The number of aliphatic carboxylic acids is 1. The van der Waals surface area contributed by atoms with Gasteiger partial charge in [-0.25, -0.2) is 0 Å². The number of carboxylic acids is 1. The molecular formula is C46H62O12. The molecule has 12 aliphatic rings. The maximum Gasteiger partial charge on any atom is 0.317 e. The Morgan fingerprint density at radius 3 is 1.83 bits per heavy atom. The van der Waals surface area contributed by atoms with Crippen molar-refractivity contribution in [3.63, 3.8) is 0 Å². The van der Waals surface area contributed by atoms with Gasteiger partial charge in [-0.2, -0.15) is 0 Å². The average molecular weight is 807 g/mol. The fourth-order valence-corrected chi connectivity index (χ4v) is 18.1. The van der Waals surface area contributed by atoms with Crippen molar-refractivity contribution in [1.82, 2.24) is 0 Å². The van der Waals surface area contributed by atoms with E-state index in [9.17, 15) is 44.1 Å². The highest BCUT2D eigenvalue weighted by molar-refractivity contribution is 5.98. The van der Waals surface area contributed by atoms with Crippen LogP contribution in [0.25, 0.3) is 0 Å². The Balaban J connectivity index is 1.07. The van der Waals surface area contributed by atoms with Gasteiger partial charge in [-0.05, 0) is 173 Å². The summed E-state index contributed by atoms with van der Waals surface area (Å²) >= 11 is 0. The zero-order valence-electron chi connectivity index (χ0n) is 34.5. The summed E-state index contributed by atoms with van der Waals surface area (Å²) in [6.07, 6.45) is 6.49. The van der Waals surface area contributed by atoms with Crippen molar-refractivity contribution in [2.75, 3.05) is 13.2 Å². The van der Waals surface area contributed by atoms with Crippen molar-refractivity contribution >= 4 is 35.8 Å². The molecule has 0 aromatic heterocycles. The van der Waals surface area contributed by atoms with Gasteiger partial charge in [-0.1, -0.05) is 13.8 Å². The van der Waals surface area contributed by atoms with Crippen LogP contribution in [0.3, 0.4) is 0 Å². The summed E-state index contributed by atoms with van der Waals surface area (Å²) in [5, 5.41) is 32.4. The summed E-state index contributed by atoms with van der Waals surface area (Å²) in [5.74, 6) is -7.39. The fraction of sp³-hybridized carbons (Fsp3) is 0.870. The van der Waals surface area contributed by atoms with Gasteiger partial charge in [0.25, 0.3) is 0 Å². The quantitative estimate of drug-likeness (QED) is 0.173. The van der Waals surface area contributed by atoms with Gasteiger partial charge in [0, 0.05) is 5.41 Å². The Bertz CT molecular complexity index is 1790. The van der Waals surface area contributed by atoms with E-state index < -0.39 is 76.4 Å². The van der Waals surface area contributed by atoms with Crippen molar-refractivity contribution < 1.29 is 58.3 Å². The Morgan fingerprint density at radius 1 is 0.621 bits per heavy atom. The number of hydrogen-bond donors (Lipinski definition) is 3. The Morgan fingerprint density at radius 2 is 1.21 bits per heavy atom. The molecule has 0 amide bonds. The van der Waals surface area contributed by atoms with Crippen LogP contribution in [0.15, 0.2) is 0 Å². The van der Waals surface area contributed by atoms with Gasteiger partial charge in [0.05, 0.1) is 48.7 Å². The summed E-state index contributed by atoms with van der Waals surface area (Å²) < 4.78 is 17.1. The molecule has 2 aliphatic heterocycles. The number of carbonyl (C=O) groups excluding carboxylic acids is 5. The van der Waals surface area contributed by atoms with E-state index in [1.165, 1.54) is 0 Å². The van der Waals surface area contributed by atoms with E-state index in [-0.39, 0.29) is 114 Å². The van der Waals surface area contributed by atoms with E-state index in [2.05, 4.69) is 13.8 Å². The second-order valence-corrected chi connectivity index (χ2v) is 22.4. The van der Waals surface area contributed by atoms with E-state index in [1.54, 1.807) is 0 Å². The predicted octanol–water partition coefficient (Wildman–Crippen LogP) is 4.77. The average Bonchev–Trinajstić information content (AvgIpc) is 4.02. The third-order valence-electron chi connectivity index (χ3n) is 19.5. The summed E-state index contributed by atoms with van der Waals surface area (Å²) in [5.41, 5.74) is -1.45. The summed E-state index contributed by atoms with van der Waals surface area (Å²) in [6.45, 7) is 9.54. The van der Waals surface area contributed by atoms with Crippen LogP contribution in [0.5, 0.6) is 0 Å². The van der Waals surface area contributed by atoms with Crippen LogP contribution in [-0.2, 0) is 43.0 Å². The molecule has 12 fully saturated rings. The van der Waals surface area contributed by atoms with Gasteiger partial charge in [0.1, 0.15) is 5.60 Å². The van der Waals surface area contributed by atoms with Crippen molar-refractivity contribution in [2.24, 2.45) is 136 Å². The molecule has 3 N–H and O–H groups in total. The third kappa shape index (κ3) is 5.30. The molecule has 58 heavy (non-hydrogen) atoms. The minimum atomic E-state index is -0.815. The highest BCUT2D eigenvalue weighted by atomic mass is 16.6. The van der Waals surface area contributed by atoms with Crippen molar-refractivity contribution in [3.05, 3.63) is 0 Å². The van der Waals surface area contributed by atoms with Crippen LogP contribution in [-0.4, -0.2) is 70.0 Å². The molecule has 10 aliphatic carbocycles. The largest absolute Gasteiger partial charge is 0.481 e. The SMILES string of the molecule is CC1C2CCC(CC2C(=O)O)C1C1C(C2C(=O)OC(=O)C2C2C3CC(CC3C(=O)OC(C)(C)C)C2C2C(C)C3CC2C2C(=O)OC(=O)C32)C2CCC1C(CO)(CO)C2. The molecule has 22 atom stereocenters. The number of carbonyl (C=O) groups is 6. The van der Waals surface area contributed by atoms with E-state index in [0.717, 1.165) is 32.1 Å². The maximum absolute atomic E-state index is 14.7. The molecule has 22 unspecified atom stereocenters.